The Hall–Kier alpha value is -3.80. The first-order valence-electron chi connectivity index (χ1n) is 12.1. The molecule has 0 aliphatic carbocycles. The summed E-state index contributed by atoms with van der Waals surface area (Å²) in [5.41, 5.74) is 2.16. The van der Waals surface area contributed by atoms with Crippen molar-refractivity contribution in [1.82, 2.24) is 15.3 Å². The Kier molecular flexibility index (Phi) is 7.15. The van der Waals surface area contributed by atoms with Crippen molar-refractivity contribution in [1.29, 1.82) is 0 Å². The lowest BCUT2D eigenvalue weighted by Crippen LogP contribution is -2.36. The Morgan fingerprint density at radius 3 is 2.61 bits per heavy atom. The summed E-state index contributed by atoms with van der Waals surface area (Å²) in [5, 5.41) is 16.2. The molecule has 1 saturated heterocycles. The van der Waals surface area contributed by atoms with Gasteiger partial charge in [-0.05, 0) is 31.3 Å². The van der Waals surface area contributed by atoms with Gasteiger partial charge in [-0.3, -0.25) is 5.32 Å². The van der Waals surface area contributed by atoms with Crippen LogP contribution < -0.4 is 20.3 Å². The van der Waals surface area contributed by atoms with Gasteiger partial charge in [-0.15, -0.1) is 0 Å². The quantitative estimate of drug-likeness (QED) is 0.250. The van der Waals surface area contributed by atoms with Gasteiger partial charge in [0, 0.05) is 53.2 Å². The number of benzene rings is 2. The van der Waals surface area contributed by atoms with Gasteiger partial charge in [0.25, 0.3) is 0 Å². The number of para-hydroxylation sites is 1. The van der Waals surface area contributed by atoms with Gasteiger partial charge in [-0.25, -0.2) is 4.98 Å². The fourth-order valence-corrected chi connectivity index (χ4v) is 4.63. The average Bonchev–Trinajstić information content (AvgIpc) is 3.37. The third kappa shape index (κ3) is 5.00. The van der Waals surface area contributed by atoms with Gasteiger partial charge in [-0.2, -0.15) is 13.2 Å². The molecule has 2 aromatic heterocycles. The fourth-order valence-electron chi connectivity index (χ4n) is 4.63. The van der Waals surface area contributed by atoms with Crippen molar-refractivity contribution >= 4 is 28.1 Å². The molecule has 0 amide bonds. The second-order valence-corrected chi connectivity index (χ2v) is 8.88. The number of pyridine rings is 1. The van der Waals surface area contributed by atoms with Crippen LogP contribution in [0.1, 0.15) is 17.4 Å². The number of aliphatic hydroxyl groups excluding tert-OH is 1. The van der Waals surface area contributed by atoms with Crippen molar-refractivity contribution in [2.45, 2.75) is 12.4 Å². The maximum Gasteiger partial charge on any atom is 0.419 e. The van der Waals surface area contributed by atoms with Crippen LogP contribution in [0.4, 0.5) is 30.2 Å². The van der Waals surface area contributed by atoms with Crippen molar-refractivity contribution in [2.75, 3.05) is 50.7 Å². The van der Waals surface area contributed by atoms with E-state index < -0.39 is 18.0 Å². The molecule has 2 aromatic carbocycles. The predicted molar refractivity (Wildman–Crippen MR) is 140 cm³/mol. The lowest BCUT2D eigenvalue weighted by molar-refractivity contribution is -0.137. The molecule has 11 heteroatoms. The third-order valence-electron chi connectivity index (χ3n) is 6.60. The van der Waals surface area contributed by atoms with Crippen LogP contribution in [-0.2, 0) is 10.9 Å². The van der Waals surface area contributed by atoms with Crippen LogP contribution in [0.3, 0.4) is 0 Å². The molecule has 3 heterocycles. The maximum atomic E-state index is 14.1. The van der Waals surface area contributed by atoms with Gasteiger partial charge in [0.05, 0.1) is 37.3 Å². The number of ether oxygens (including phenoxy) is 2. The Balaban J connectivity index is 1.61. The van der Waals surface area contributed by atoms with E-state index in [1.807, 2.05) is 18.2 Å². The van der Waals surface area contributed by atoms with Crippen LogP contribution in [0.5, 0.6) is 5.75 Å². The van der Waals surface area contributed by atoms with E-state index in [9.17, 15) is 18.3 Å². The molecule has 8 nitrogen and oxygen atoms in total. The lowest BCUT2D eigenvalue weighted by atomic mass is 10.1. The summed E-state index contributed by atoms with van der Waals surface area (Å²) in [5.74, 6) is 0.577. The summed E-state index contributed by atoms with van der Waals surface area (Å²) in [4.78, 5) is 9.41. The number of anilines is 3. The zero-order valence-corrected chi connectivity index (χ0v) is 20.9. The second-order valence-electron chi connectivity index (χ2n) is 8.88. The highest BCUT2D eigenvalue weighted by molar-refractivity contribution is 5.97. The number of nitrogens with zero attached hydrogens (tertiary/aromatic N) is 2. The number of rotatable bonds is 7. The molecule has 0 saturated carbocycles. The summed E-state index contributed by atoms with van der Waals surface area (Å²) in [7, 11) is 3.12. The van der Waals surface area contributed by atoms with Gasteiger partial charge < -0.3 is 29.8 Å². The Morgan fingerprint density at radius 2 is 1.89 bits per heavy atom. The molecular formula is C27H28F3N5O3. The summed E-state index contributed by atoms with van der Waals surface area (Å²) in [6.45, 7) is 2.81. The Morgan fingerprint density at radius 1 is 1.13 bits per heavy atom. The molecule has 1 unspecified atom stereocenters. The molecule has 1 atom stereocenters. The lowest BCUT2D eigenvalue weighted by Gasteiger charge is -2.29. The van der Waals surface area contributed by atoms with E-state index in [4.69, 9.17) is 9.47 Å². The van der Waals surface area contributed by atoms with E-state index in [0.717, 1.165) is 25.0 Å². The number of methoxy groups -OCH3 is 1. The number of aromatic amines is 1. The van der Waals surface area contributed by atoms with Crippen molar-refractivity contribution in [3.05, 3.63) is 65.9 Å². The summed E-state index contributed by atoms with van der Waals surface area (Å²) < 4.78 is 53.4. The summed E-state index contributed by atoms with van der Waals surface area (Å²) in [6.07, 6.45) is -4.92. The van der Waals surface area contributed by atoms with E-state index in [1.54, 1.807) is 44.5 Å². The van der Waals surface area contributed by atoms with Crippen molar-refractivity contribution in [3.63, 3.8) is 0 Å². The number of morpholine rings is 1. The molecule has 4 N–H and O–H groups in total. The maximum absolute atomic E-state index is 14.1. The number of nitrogens with one attached hydrogen (secondary N) is 3. The molecule has 0 bridgehead atoms. The molecule has 5 rings (SSSR count). The average molecular weight is 528 g/mol. The molecule has 1 aliphatic rings. The summed E-state index contributed by atoms with van der Waals surface area (Å²) in [6, 6.07) is 14.0. The molecule has 0 radical (unpaired) electrons. The number of fused-ring (bicyclic) bond motifs is 1. The molecule has 38 heavy (non-hydrogen) atoms. The first kappa shape index (κ1) is 25.8. The molecule has 200 valence electrons. The highest BCUT2D eigenvalue weighted by Crippen LogP contribution is 2.42. The van der Waals surface area contributed by atoms with Gasteiger partial charge in [0.2, 0.25) is 0 Å². The first-order valence-corrected chi connectivity index (χ1v) is 12.1. The molecule has 0 spiro atoms. The number of halogens is 3. The monoisotopic (exact) mass is 527 g/mol. The van der Waals surface area contributed by atoms with E-state index in [0.29, 0.717) is 41.5 Å². The predicted octanol–water partition coefficient (Wildman–Crippen LogP) is 5.05. The zero-order valence-electron chi connectivity index (χ0n) is 20.9. The number of hydrogen-bond acceptors (Lipinski definition) is 7. The van der Waals surface area contributed by atoms with Crippen LogP contribution in [0.15, 0.2) is 54.7 Å². The van der Waals surface area contributed by atoms with Crippen molar-refractivity contribution in [2.24, 2.45) is 0 Å². The highest BCUT2D eigenvalue weighted by Gasteiger charge is 2.36. The minimum atomic E-state index is -4.66. The van der Waals surface area contributed by atoms with Crippen LogP contribution in [0.25, 0.3) is 22.3 Å². The summed E-state index contributed by atoms with van der Waals surface area (Å²) >= 11 is 0. The van der Waals surface area contributed by atoms with Gasteiger partial charge >= 0.3 is 6.18 Å². The van der Waals surface area contributed by atoms with Gasteiger partial charge in [0.1, 0.15) is 17.6 Å². The standard InChI is InChI=1S/C27H28F3N5O3/c1-31-26(36)18-5-3-4-6-21(18)33-24-19-14-22(34-25(19)32-15-20(24)27(28,29)30)17-8-7-16(13-23(17)37-2)35-9-11-38-12-10-35/h3-8,13-15,26,31,36H,9-12H2,1-2H3,(H2,32,33,34). The Labute approximate surface area is 217 Å². The highest BCUT2D eigenvalue weighted by atomic mass is 19.4. The minimum absolute atomic E-state index is 0.162. The number of alkyl halides is 3. The first-order chi connectivity index (χ1) is 18.3. The molecular weight excluding hydrogens is 499 g/mol. The van der Waals surface area contributed by atoms with Gasteiger partial charge in [0.15, 0.2) is 0 Å². The molecule has 1 aliphatic heterocycles. The topological polar surface area (TPSA) is 94.7 Å². The molecule has 4 aromatic rings. The van der Waals surface area contributed by atoms with E-state index in [-0.39, 0.29) is 16.7 Å². The number of hydrogen-bond donors (Lipinski definition) is 4. The number of H-pyrrole nitrogens is 1. The van der Waals surface area contributed by atoms with Crippen LogP contribution in [0.2, 0.25) is 0 Å². The normalized spacial score (nSPS) is 15.1. The van der Waals surface area contributed by atoms with E-state index in [2.05, 4.69) is 25.5 Å². The smallest absolute Gasteiger partial charge is 0.419 e. The van der Waals surface area contributed by atoms with Crippen LogP contribution in [0, 0.1) is 0 Å². The van der Waals surface area contributed by atoms with Crippen molar-refractivity contribution in [3.8, 4) is 17.0 Å². The van der Waals surface area contributed by atoms with E-state index in [1.165, 1.54) is 0 Å². The fraction of sp³-hybridized carbons (Fsp3) is 0.296. The third-order valence-corrected chi connectivity index (χ3v) is 6.60. The SMILES string of the molecule is CNC(O)c1ccccc1Nc1c(C(F)(F)F)cnc2[nH]c(-c3ccc(N4CCOCC4)cc3OC)cc12. The van der Waals surface area contributed by atoms with Crippen molar-refractivity contribution < 1.29 is 27.8 Å². The number of aromatic nitrogens is 2. The van der Waals surface area contributed by atoms with Gasteiger partial charge in [-0.1, -0.05) is 18.2 Å². The number of aliphatic hydroxyl groups is 1. The minimum Gasteiger partial charge on any atom is -0.496 e. The van der Waals surface area contributed by atoms with E-state index >= 15 is 0 Å². The van der Waals surface area contributed by atoms with Crippen LogP contribution in [-0.4, -0.2) is 55.5 Å². The Bertz CT molecular complexity index is 1430. The largest absolute Gasteiger partial charge is 0.496 e. The second kappa shape index (κ2) is 10.5. The van der Waals surface area contributed by atoms with Crippen LogP contribution >= 0.6 is 0 Å². The zero-order chi connectivity index (χ0) is 26.9. The molecule has 1 fully saturated rings.